The van der Waals surface area contributed by atoms with Crippen molar-refractivity contribution in [2.24, 2.45) is 0 Å². The number of alkyl halides is 1. The summed E-state index contributed by atoms with van der Waals surface area (Å²) in [4.78, 5) is 10.6. The fourth-order valence-corrected chi connectivity index (χ4v) is 1.56. The number of ketones is 1. The topological polar surface area (TPSA) is 49.3 Å². The Morgan fingerprint density at radius 3 is 2.36 bits per heavy atom. The molecule has 0 aromatic rings. The molecule has 0 rings (SSSR count). The number of hydrogen-bond donors (Lipinski definition) is 2. The van der Waals surface area contributed by atoms with Gasteiger partial charge in [0.25, 0.3) is 0 Å². The highest BCUT2D eigenvalue weighted by atomic mass is 127. The number of hydrogen-bond acceptors (Lipinski definition) is 3. The first kappa shape index (κ1) is 10.9. The van der Waals surface area contributed by atoms with Gasteiger partial charge in [0.15, 0.2) is 5.78 Å². The number of nitrogens with one attached hydrogen (secondary N) is 1. The lowest BCUT2D eigenvalue weighted by Gasteiger charge is -2.16. The van der Waals surface area contributed by atoms with Crippen LogP contribution in [0, 0.1) is 0 Å². The van der Waals surface area contributed by atoms with Crippen LogP contribution >= 0.6 is 22.6 Å². The number of rotatable bonds is 4. The quantitative estimate of drug-likeness (QED) is 0.451. The highest BCUT2D eigenvalue weighted by molar-refractivity contribution is 14.1. The minimum atomic E-state index is -0.952. The molecule has 2 N–H and O–H groups in total. The third-order valence-electron chi connectivity index (χ3n) is 1.08. The van der Waals surface area contributed by atoms with Crippen LogP contribution in [0.25, 0.3) is 0 Å². The molecular formula is C7H12INO2. The summed E-state index contributed by atoms with van der Waals surface area (Å²) in [5, 5.41) is 12.0. The molecule has 0 saturated heterocycles. The standard InChI is InChI=1S/C7H12INO2/c1-4(2)9-7(8)6(11)5(3)10/h6-7,9,11H,1H2,2-3H3/t6-,7+/m0/s1. The van der Waals surface area contributed by atoms with Crippen LogP contribution in [0.2, 0.25) is 0 Å². The zero-order valence-corrected chi connectivity index (χ0v) is 8.75. The van der Waals surface area contributed by atoms with Crippen LogP contribution in [0.1, 0.15) is 13.8 Å². The van der Waals surface area contributed by atoms with Crippen LogP contribution in [-0.2, 0) is 4.79 Å². The molecule has 4 heteroatoms. The van der Waals surface area contributed by atoms with Crippen LogP contribution in [0.5, 0.6) is 0 Å². The van der Waals surface area contributed by atoms with Crippen LogP contribution < -0.4 is 5.32 Å². The molecule has 0 saturated carbocycles. The first-order valence-electron chi connectivity index (χ1n) is 3.19. The van der Waals surface area contributed by atoms with Crippen molar-refractivity contribution >= 4 is 28.4 Å². The van der Waals surface area contributed by atoms with Crippen LogP contribution in [0.3, 0.4) is 0 Å². The van der Waals surface area contributed by atoms with Crippen LogP contribution in [-0.4, -0.2) is 21.0 Å². The summed E-state index contributed by atoms with van der Waals surface area (Å²) in [6, 6.07) is 0. The summed E-state index contributed by atoms with van der Waals surface area (Å²) >= 11 is 1.96. The number of aliphatic hydroxyl groups excluding tert-OH is 1. The van der Waals surface area contributed by atoms with Gasteiger partial charge in [-0.25, -0.2) is 0 Å². The zero-order chi connectivity index (χ0) is 9.02. The molecule has 0 fully saturated rings. The number of halogens is 1. The number of carbonyl (C=O) groups is 1. The molecule has 3 nitrogen and oxygen atoms in total. The lowest BCUT2D eigenvalue weighted by Crippen LogP contribution is -2.37. The molecule has 0 amide bonds. The van der Waals surface area contributed by atoms with Crippen molar-refractivity contribution in [3.05, 3.63) is 12.3 Å². The molecule has 64 valence electrons. The summed E-state index contributed by atoms with van der Waals surface area (Å²) in [6.45, 7) is 6.73. The molecule has 0 aliphatic rings. The minimum Gasteiger partial charge on any atom is -0.382 e. The van der Waals surface area contributed by atoms with Gasteiger partial charge in [-0.15, -0.1) is 0 Å². The monoisotopic (exact) mass is 269 g/mol. The van der Waals surface area contributed by atoms with Gasteiger partial charge in [-0.1, -0.05) is 29.2 Å². The normalized spacial score (nSPS) is 15.3. The number of aliphatic hydroxyl groups is 1. The van der Waals surface area contributed by atoms with Gasteiger partial charge < -0.3 is 10.4 Å². The van der Waals surface area contributed by atoms with Crippen molar-refractivity contribution in [1.29, 1.82) is 0 Å². The van der Waals surface area contributed by atoms with E-state index < -0.39 is 6.10 Å². The van der Waals surface area contributed by atoms with Crippen LogP contribution in [0.4, 0.5) is 0 Å². The van der Waals surface area contributed by atoms with Gasteiger partial charge in [0.1, 0.15) is 10.2 Å². The van der Waals surface area contributed by atoms with E-state index in [0.29, 0.717) is 0 Å². The van der Waals surface area contributed by atoms with E-state index in [0.717, 1.165) is 5.70 Å². The molecule has 0 unspecified atom stereocenters. The second kappa shape index (κ2) is 4.71. The predicted molar refractivity (Wildman–Crippen MR) is 52.4 cm³/mol. The van der Waals surface area contributed by atoms with E-state index >= 15 is 0 Å². The maximum atomic E-state index is 10.6. The van der Waals surface area contributed by atoms with Gasteiger partial charge in [0.2, 0.25) is 0 Å². The fraction of sp³-hybridized carbons (Fsp3) is 0.571. The largest absolute Gasteiger partial charge is 0.382 e. The first-order valence-corrected chi connectivity index (χ1v) is 4.44. The second-order valence-corrected chi connectivity index (χ2v) is 3.72. The maximum Gasteiger partial charge on any atom is 0.161 e. The lowest BCUT2D eigenvalue weighted by molar-refractivity contribution is -0.124. The van der Waals surface area contributed by atoms with Gasteiger partial charge in [-0.3, -0.25) is 4.79 Å². The Bertz CT molecular complexity index is 170. The van der Waals surface area contributed by atoms with Crippen molar-refractivity contribution in [3.63, 3.8) is 0 Å². The molecule has 0 radical (unpaired) electrons. The highest BCUT2D eigenvalue weighted by Crippen LogP contribution is 2.05. The van der Waals surface area contributed by atoms with Crippen molar-refractivity contribution in [1.82, 2.24) is 5.32 Å². The predicted octanol–water partition coefficient (Wildman–Crippen LogP) is 0.821. The average molecular weight is 269 g/mol. The highest BCUT2D eigenvalue weighted by Gasteiger charge is 2.19. The summed E-state index contributed by atoms with van der Waals surface area (Å²) < 4.78 is -0.289. The zero-order valence-electron chi connectivity index (χ0n) is 6.60. The Labute approximate surface area is 80.0 Å². The van der Waals surface area contributed by atoms with E-state index in [9.17, 15) is 9.90 Å². The molecule has 0 aliphatic heterocycles. The molecule has 2 atom stereocenters. The van der Waals surface area contributed by atoms with Gasteiger partial charge in [-0.2, -0.15) is 0 Å². The third kappa shape index (κ3) is 4.36. The number of carbonyl (C=O) groups excluding carboxylic acids is 1. The van der Waals surface area contributed by atoms with Gasteiger partial charge >= 0.3 is 0 Å². The van der Waals surface area contributed by atoms with Gasteiger partial charge in [0.05, 0.1) is 0 Å². The molecule has 0 bridgehead atoms. The Hall–Kier alpha value is -0.100. The first-order chi connectivity index (χ1) is 4.95. The van der Waals surface area contributed by atoms with E-state index in [-0.39, 0.29) is 9.83 Å². The van der Waals surface area contributed by atoms with E-state index in [1.807, 2.05) is 22.6 Å². The maximum absolute atomic E-state index is 10.6. The minimum absolute atomic E-state index is 0.238. The summed E-state index contributed by atoms with van der Waals surface area (Å²) in [5.41, 5.74) is 0.740. The van der Waals surface area contributed by atoms with Gasteiger partial charge in [0, 0.05) is 5.70 Å². The summed E-state index contributed by atoms with van der Waals surface area (Å²) in [7, 11) is 0. The van der Waals surface area contributed by atoms with Crippen molar-refractivity contribution < 1.29 is 9.90 Å². The van der Waals surface area contributed by atoms with Crippen LogP contribution in [0.15, 0.2) is 12.3 Å². The number of allylic oxidation sites excluding steroid dienone is 1. The molecule has 0 heterocycles. The number of Topliss-reactive ketones (excluding diaryl/α,β-unsaturated/α-hetero) is 1. The van der Waals surface area contributed by atoms with Crippen molar-refractivity contribution in [2.75, 3.05) is 0 Å². The molecule has 0 aliphatic carbocycles. The molecule has 0 spiro atoms. The van der Waals surface area contributed by atoms with Crippen molar-refractivity contribution in [2.45, 2.75) is 24.0 Å². The molecule has 0 aromatic heterocycles. The Morgan fingerprint density at radius 1 is 1.64 bits per heavy atom. The van der Waals surface area contributed by atoms with Crippen molar-refractivity contribution in [3.8, 4) is 0 Å². The smallest absolute Gasteiger partial charge is 0.161 e. The lowest BCUT2D eigenvalue weighted by atomic mass is 10.2. The molecule has 0 aromatic carbocycles. The SMILES string of the molecule is C=C(C)N[C@@H](I)[C@@H](O)C(C)=O. The van der Waals surface area contributed by atoms with Gasteiger partial charge in [-0.05, 0) is 13.8 Å². The van der Waals surface area contributed by atoms with E-state index in [1.54, 1.807) is 6.92 Å². The molecule has 11 heavy (non-hydrogen) atoms. The second-order valence-electron chi connectivity index (χ2n) is 2.38. The fourth-order valence-electron chi connectivity index (χ4n) is 0.520. The Kier molecular flexibility index (Phi) is 4.67. The Morgan fingerprint density at radius 2 is 2.09 bits per heavy atom. The summed E-state index contributed by atoms with van der Waals surface area (Å²) in [6.07, 6.45) is -0.952. The summed E-state index contributed by atoms with van der Waals surface area (Å²) in [5.74, 6) is -0.238. The average Bonchev–Trinajstić information content (AvgIpc) is 1.84. The van der Waals surface area contributed by atoms with E-state index in [2.05, 4.69) is 11.9 Å². The third-order valence-corrected chi connectivity index (χ3v) is 2.07. The van der Waals surface area contributed by atoms with E-state index in [1.165, 1.54) is 6.92 Å². The van der Waals surface area contributed by atoms with E-state index in [4.69, 9.17) is 0 Å². The Balaban J connectivity index is 3.92. The molecular weight excluding hydrogens is 257 g/mol.